The first-order valence-corrected chi connectivity index (χ1v) is 4.71. The molecular formula is C10H17NO. The van der Waals surface area contributed by atoms with Gasteiger partial charge in [0.1, 0.15) is 0 Å². The zero-order valence-corrected chi connectivity index (χ0v) is 7.75. The van der Waals surface area contributed by atoms with Gasteiger partial charge in [0.2, 0.25) is 5.91 Å². The Morgan fingerprint density at radius 3 is 3.08 bits per heavy atom. The first kappa shape index (κ1) is 9.30. The minimum atomic E-state index is 0.299. The van der Waals surface area contributed by atoms with Crippen LogP contribution in [0.3, 0.4) is 0 Å². The van der Waals surface area contributed by atoms with Gasteiger partial charge in [-0.1, -0.05) is 19.4 Å². The number of carbonyl (C=O) groups is 1. The van der Waals surface area contributed by atoms with Crippen molar-refractivity contribution in [2.75, 3.05) is 6.54 Å². The second kappa shape index (κ2) is 4.29. The molecule has 0 radical (unpaired) electrons. The molecule has 0 aromatic rings. The summed E-state index contributed by atoms with van der Waals surface area (Å²) in [5, 5.41) is 0. The van der Waals surface area contributed by atoms with Gasteiger partial charge < -0.3 is 4.90 Å². The number of unbranched alkanes of at least 4 members (excludes halogenated alkanes) is 1. The number of rotatable bonds is 4. The fourth-order valence-electron chi connectivity index (χ4n) is 1.62. The van der Waals surface area contributed by atoms with E-state index in [4.69, 9.17) is 0 Å². The van der Waals surface area contributed by atoms with Crippen LogP contribution in [0.4, 0.5) is 0 Å². The SMILES string of the molecule is C=CC1CCC(=O)N1CCCC. The molecule has 1 fully saturated rings. The largest absolute Gasteiger partial charge is 0.336 e. The third kappa shape index (κ3) is 1.87. The average Bonchev–Trinajstić information content (AvgIpc) is 2.43. The Bertz CT molecular complexity index is 177. The van der Waals surface area contributed by atoms with E-state index in [9.17, 15) is 4.79 Å². The van der Waals surface area contributed by atoms with Crippen LogP contribution in [-0.2, 0) is 4.79 Å². The van der Waals surface area contributed by atoms with Crippen molar-refractivity contribution in [3.8, 4) is 0 Å². The highest BCUT2D eigenvalue weighted by molar-refractivity contribution is 5.79. The van der Waals surface area contributed by atoms with Crippen molar-refractivity contribution in [2.24, 2.45) is 0 Å². The van der Waals surface area contributed by atoms with Gasteiger partial charge in [-0.25, -0.2) is 0 Å². The monoisotopic (exact) mass is 167 g/mol. The third-order valence-electron chi connectivity index (χ3n) is 2.40. The second-order valence-corrected chi connectivity index (χ2v) is 3.28. The van der Waals surface area contributed by atoms with Gasteiger partial charge in [-0.15, -0.1) is 6.58 Å². The van der Waals surface area contributed by atoms with Crippen molar-refractivity contribution in [1.82, 2.24) is 4.90 Å². The standard InChI is InChI=1S/C10H17NO/c1-3-5-8-11-9(4-2)6-7-10(11)12/h4,9H,2-3,5-8H2,1H3. The van der Waals surface area contributed by atoms with Gasteiger partial charge in [0.15, 0.2) is 0 Å². The Morgan fingerprint density at radius 1 is 1.75 bits per heavy atom. The van der Waals surface area contributed by atoms with Gasteiger partial charge in [-0.3, -0.25) is 4.79 Å². The van der Waals surface area contributed by atoms with Crippen LogP contribution in [-0.4, -0.2) is 23.4 Å². The van der Waals surface area contributed by atoms with Crippen molar-refractivity contribution in [3.05, 3.63) is 12.7 Å². The summed E-state index contributed by atoms with van der Waals surface area (Å²) >= 11 is 0. The number of hydrogen-bond donors (Lipinski definition) is 0. The molecule has 0 N–H and O–H groups in total. The van der Waals surface area contributed by atoms with E-state index < -0.39 is 0 Å². The Labute approximate surface area is 74.2 Å². The van der Waals surface area contributed by atoms with E-state index in [0.29, 0.717) is 18.4 Å². The highest BCUT2D eigenvalue weighted by Gasteiger charge is 2.27. The van der Waals surface area contributed by atoms with Crippen LogP contribution in [0.15, 0.2) is 12.7 Å². The van der Waals surface area contributed by atoms with Gasteiger partial charge in [0, 0.05) is 13.0 Å². The van der Waals surface area contributed by atoms with E-state index in [-0.39, 0.29) is 0 Å². The summed E-state index contributed by atoms with van der Waals surface area (Å²) in [6.45, 7) is 6.79. The smallest absolute Gasteiger partial charge is 0.223 e. The van der Waals surface area contributed by atoms with Crippen molar-refractivity contribution >= 4 is 5.91 Å². The fraction of sp³-hybridized carbons (Fsp3) is 0.700. The molecule has 1 rings (SSSR count). The molecule has 2 heteroatoms. The van der Waals surface area contributed by atoms with Crippen LogP contribution in [0.1, 0.15) is 32.6 Å². The maximum Gasteiger partial charge on any atom is 0.223 e. The first-order chi connectivity index (χ1) is 5.79. The Balaban J connectivity index is 2.46. The van der Waals surface area contributed by atoms with Crippen LogP contribution < -0.4 is 0 Å². The number of carbonyl (C=O) groups excluding carboxylic acids is 1. The zero-order valence-electron chi connectivity index (χ0n) is 7.75. The zero-order chi connectivity index (χ0) is 8.97. The van der Waals surface area contributed by atoms with Crippen molar-refractivity contribution in [3.63, 3.8) is 0 Å². The highest BCUT2D eigenvalue weighted by Crippen LogP contribution is 2.19. The molecule has 1 unspecified atom stereocenters. The predicted molar refractivity (Wildman–Crippen MR) is 49.8 cm³/mol. The van der Waals surface area contributed by atoms with Gasteiger partial charge in [0.05, 0.1) is 6.04 Å². The third-order valence-corrected chi connectivity index (χ3v) is 2.40. The van der Waals surface area contributed by atoms with E-state index in [1.165, 1.54) is 0 Å². The van der Waals surface area contributed by atoms with Crippen LogP contribution in [0.25, 0.3) is 0 Å². The summed E-state index contributed by atoms with van der Waals surface area (Å²) in [6, 6.07) is 0.309. The molecule has 0 bridgehead atoms. The molecule has 1 heterocycles. The lowest BCUT2D eigenvalue weighted by Crippen LogP contribution is -2.32. The molecule has 68 valence electrons. The summed E-state index contributed by atoms with van der Waals surface area (Å²) in [7, 11) is 0. The van der Waals surface area contributed by atoms with Gasteiger partial charge >= 0.3 is 0 Å². The lowest BCUT2D eigenvalue weighted by molar-refractivity contribution is -0.128. The minimum absolute atomic E-state index is 0.299. The molecule has 2 nitrogen and oxygen atoms in total. The van der Waals surface area contributed by atoms with Crippen molar-refractivity contribution in [2.45, 2.75) is 38.6 Å². The minimum Gasteiger partial charge on any atom is -0.336 e. The van der Waals surface area contributed by atoms with Crippen molar-refractivity contribution < 1.29 is 4.79 Å². The molecule has 1 amide bonds. The lowest BCUT2D eigenvalue weighted by Gasteiger charge is -2.21. The van der Waals surface area contributed by atoms with E-state index in [0.717, 1.165) is 25.8 Å². The van der Waals surface area contributed by atoms with E-state index in [2.05, 4.69) is 13.5 Å². The lowest BCUT2D eigenvalue weighted by atomic mass is 10.2. The predicted octanol–water partition coefficient (Wildman–Crippen LogP) is 1.96. The number of nitrogens with zero attached hydrogens (tertiary/aromatic N) is 1. The maximum absolute atomic E-state index is 11.3. The number of hydrogen-bond acceptors (Lipinski definition) is 1. The van der Waals surface area contributed by atoms with Crippen molar-refractivity contribution in [1.29, 1.82) is 0 Å². The number of likely N-dealkylation sites (tertiary alicyclic amines) is 1. The summed E-state index contributed by atoms with van der Waals surface area (Å²) in [5.74, 6) is 0.299. The molecule has 0 aromatic heterocycles. The first-order valence-electron chi connectivity index (χ1n) is 4.71. The van der Waals surface area contributed by atoms with Gasteiger partial charge in [0.25, 0.3) is 0 Å². The van der Waals surface area contributed by atoms with Crippen LogP contribution in [0, 0.1) is 0 Å². The molecule has 0 saturated carbocycles. The van der Waals surface area contributed by atoms with E-state index in [1.807, 2.05) is 11.0 Å². The normalized spacial score (nSPS) is 23.2. The molecular weight excluding hydrogens is 150 g/mol. The molecule has 0 spiro atoms. The number of amides is 1. The van der Waals surface area contributed by atoms with E-state index in [1.54, 1.807) is 0 Å². The summed E-state index contributed by atoms with van der Waals surface area (Å²) in [4.78, 5) is 13.3. The fourth-order valence-corrected chi connectivity index (χ4v) is 1.62. The van der Waals surface area contributed by atoms with Crippen LogP contribution in [0.2, 0.25) is 0 Å². The molecule has 1 atom stereocenters. The molecule has 1 aliphatic rings. The molecule has 1 saturated heterocycles. The van der Waals surface area contributed by atoms with Crippen LogP contribution in [0.5, 0.6) is 0 Å². The summed E-state index contributed by atoms with van der Waals surface area (Å²) < 4.78 is 0. The molecule has 0 aliphatic carbocycles. The highest BCUT2D eigenvalue weighted by atomic mass is 16.2. The average molecular weight is 167 g/mol. The second-order valence-electron chi connectivity index (χ2n) is 3.28. The Morgan fingerprint density at radius 2 is 2.50 bits per heavy atom. The van der Waals surface area contributed by atoms with Gasteiger partial charge in [-0.05, 0) is 12.8 Å². The molecule has 12 heavy (non-hydrogen) atoms. The van der Waals surface area contributed by atoms with Gasteiger partial charge in [-0.2, -0.15) is 0 Å². The maximum atomic E-state index is 11.3. The van der Waals surface area contributed by atoms with Crippen LogP contribution >= 0.6 is 0 Å². The summed E-state index contributed by atoms with van der Waals surface area (Å²) in [6.07, 6.45) is 5.82. The molecule has 0 aromatic carbocycles. The molecule has 1 aliphatic heterocycles. The summed E-state index contributed by atoms with van der Waals surface area (Å²) in [5.41, 5.74) is 0. The Hall–Kier alpha value is -0.790. The quantitative estimate of drug-likeness (QED) is 0.586. The van der Waals surface area contributed by atoms with E-state index >= 15 is 0 Å². The topological polar surface area (TPSA) is 20.3 Å². The Kier molecular flexibility index (Phi) is 3.32.